The molecule has 0 fully saturated rings. The van der Waals surface area contributed by atoms with Crippen LogP contribution in [0.2, 0.25) is 0 Å². The molecule has 2 N–H and O–H groups in total. The molecule has 0 unspecified atom stereocenters. The van der Waals surface area contributed by atoms with E-state index < -0.39 is 11.5 Å². The Labute approximate surface area is 111 Å². The molecule has 0 amide bonds. The molecule has 18 heavy (non-hydrogen) atoms. The van der Waals surface area contributed by atoms with Gasteiger partial charge >= 0.3 is 5.97 Å². The first kappa shape index (κ1) is 12.6. The Bertz CT molecular complexity index is 659. The summed E-state index contributed by atoms with van der Waals surface area (Å²) in [6.07, 6.45) is 0. The van der Waals surface area contributed by atoms with Crippen molar-refractivity contribution in [3.8, 4) is 11.3 Å². The van der Waals surface area contributed by atoms with Crippen molar-refractivity contribution in [2.75, 3.05) is 0 Å². The molecule has 1 aromatic heterocycles. The lowest BCUT2D eigenvalue weighted by atomic mass is 10.1. The molecule has 4 nitrogen and oxygen atoms in total. The monoisotopic (exact) mass is 307 g/mol. The molecule has 0 saturated heterocycles. The number of hydrogen-bond acceptors (Lipinski definition) is 2. The molecule has 0 spiro atoms. The van der Waals surface area contributed by atoms with Crippen LogP contribution in [0.1, 0.15) is 15.9 Å². The van der Waals surface area contributed by atoms with Gasteiger partial charge in [-0.2, -0.15) is 0 Å². The number of nitrogens with one attached hydrogen (secondary N) is 1. The lowest BCUT2D eigenvalue weighted by Crippen LogP contribution is -2.18. The molecule has 2 aromatic rings. The van der Waals surface area contributed by atoms with Crippen LogP contribution in [0.4, 0.5) is 0 Å². The van der Waals surface area contributed by atoms with E-state index in [0.29, 0.717) is 11.3 Å². The van der Waals surface area contributed by atoms with Crippen LogP contribution in [-0.4, -0.2) is 16.1 Å². The van der Waals surface area contributed by atoms with E-state index in [1.165, 1.54) is 6.07 Å². The molecule has 1 aromatic carbocycles. The summed E-state index contributed by atoms with van der Waals surface area (Å²) in [6.45, 7) is 1.76. The second kappa shape index (κ2) is 4.78. The largest absolute Gasteiger partial charge is 0.477 e. The molecule has 0 atom stereocenters. The van der Waals surface area contributed by atoms with E-state index in [0.717, 1.165) is 10.0 Å². The third-order valence-corrected chi connectivity index (χ3v) is 3.13. The van der Waals surface area contributed by atoms with Crippen molar-refractivity contribution in [3.63, 3.8) is 0 Å². The van der Waals surface area contributed by atoms with Gasteiger partial charge in [-0.1, -0.05) is 28.1 Å². The van der Waals surface area contributed by atoms with Gasteiger partial charge < -0.3 is 10.1 Å². The maximum Gasteiger partial charge on any atom is 0.341 e. The zero-order chi connectivity index (χ0) is 13.3. The minimum Gasteiger partial charge on any atom is -0.477 e. The van der Waals surface area contributed by atoms with Crippen molar-refractivity contribution in [2.24, 2.45) is 0 Å². The zero-order valence-corrected chi connectivity index (χ0v) is 11.1. The molecule has 92 valence electrons. The number of carboxylic acids is 1. The van der Waals surface area contributed by atoms with Crippen LogP contribution >= 0.6 is 15.9 Å². The normalized spacial score (nSPS) is 10.3. The maximum atomic E-state index is 11.6. The van der Waals surface area contributed by atoms with Gasteiger partial charge in [-0.3, -0.25) is 4.79 Å². The van der Waals surface area contributed by atoms with Gasteiger partial charge in [-0.25, -0.2) is 4.79 Å². The summed E-state index contributed by atoms with van der Waals surface area (Å²) in [5.74, 6) is -1.22. The van der Waals surface area contributed by atoms with Crippen molar-refractivity contribution >= 4 is 21.9 Å². The van der Waals surface area contributed by atoms with E-state index in [9.17, 15) is 9.59 Å². The van der Waals surface area contributed by atoms with Crippen molar-refractivity contribution in [1.29, 1.82) is 0 Å². The minimum absolute atomic E-state index is 0.242. The second-order valence-electron chi connectivity index (χ2n) is 3.88. The molecule has 0 aliphatic rings. The topological polar surface area (TPSA) is 70.2 Å². The summed E-state index contributed by atoms with van der Waals surface area (Å²) in [5, 5.41) is 8.86. The first-order valence-corrected chi connectivity index (χ1v) is 6.01. The highest BCUT2D eigenvalue weighted by Crippen LogP contribution is 2.22. The number of carboxylic acid groups (broad SMARTS) is 1. The summed E-state index contributed by atoms with van der Waals surface area (Å²) in [5.41, 5.74) is 1.36. The lowest BCUT2D eigenvalue weighted by Gasteiger charge is -2.07. The van der Waals surface area contributed by atoms with E-state index in [2.05, 4.69) is 20.9 Å². The summed E-state index contributed by atoms with van der Waals surface area (Å²) < 4.78 is 0.938. The van der Waals surface area contributed by atoms with Gasteiger partial charge in [0.05, 0.1) is 5.69 Å². The van der Waals surface area contributed by atoms with Crippen LogP contribution in [0.25, 0.3) is 11.3 Å². The smallest absolute Gasteiger partial charge is 0.341 e. The van der Waals surface area contributed by atoms with E-state index >= 15 is 0 Å². The highest BCUT2D eigenvalue weighted by Gasteiger charge is 2.12. The number of hydrogen-bond donors (Lipinski definition) is 2. The lowest BCUT2D eigenvalue weighted by molar-refractivity contribution is 0.0695. The number of H-pyrrole nitrogens is 1. The first-order valence-electron chi connectivity index (χ1n) is 5.22. The third kappa shape index (κ3) is 2.36. The standard InChI is InChI=1S/C13H10BrNO3/c1-7-6-10(13(17)18)12(16)15-11(7)8-2-4-9(14)5-3-8/h2-6H,1H3,(H,15,16)(H,17,18). The fraction of sp³-hybridized carbons (Fsp3) is 0.0769. The Kier molecular flexibility index (Phi) is 3.34. The Morgan fingerprint density at radius 3 is 2.44 bits per heavy atom. The van der Waals surface area contributed by atoms with Crippen LogP contribution in [0.3, 0.4) is 0 Å². The summed E-state index contributed by atoms with van der Waals surface area (Å²) in [4.78, 5) is 25.1. The molecule has 2 rings (SSSR count). The van der Waals surface area contributed by atoms with Crippen molar-refractivity contribution in [1.82, 2.24) is 4.98 Å². The average molecular weight is 308 g/mol. The highest BCUT2D eigenvalue weighted by molar-refractivity contribution is 9.10. The van der Waals surface area contributed by atoms with Gasteiger partial charge in [-0.05, 0) is 36.2 Å². The van der Waals surface area contributed by atoms with Crippen LogP contribution in [0, 0.1) is 6.92 Å². The Morgan fingerprint density at radius 1 is 1.28 bits per heavy atom. The molecular formula is C13H10BrNO3. The molecule has 0 radical (unpaired) electrons. The van der Waals surface area contributed by atoms with Crippen molar-refractivity contribution in [3.05, 3.63) is 56.3 Å². The van der Waals surface area contributed by atoms with E-state index in [1.54, 1.807) is 6.92 Å². The fourth-order valence-corrected chi connectivity index (χ4v) is 1.97. The zero-order valence-electron chi connectivity index (χ0n) is 9.53. The molecule has 5 heteroatoms. The number of aromatic nitrogens is 1. The van der Waals surface area contributed by atoms with Gasteiger partial charge in [0.1, 0.15) is 5.56 Å². The fourth-order valence-electron chi connectivity index (χ4n) is 1.71. The quantitative estimate of drug-likeness (QED) is 0.896. The number of rotatable bonds is 2. The van der Waals surface area contributed by atoms with E-state index in [4.69, 9.17) is 5.11 Å². The number of benzene rings is 1. The highest BCUT2D eigenvalue weighted by atomic mass is 79.9. The average Bonchev–Trinajstić information content (AvgIpc) is 2.32. The summed E-state index contributed by atoms with van der Waals surface area (Å²) in [6, 6.07) is 8.81. The van der Waals surface area contributed by atoms with Gasteiger partial charge in [0.15, 0.2) is 0 Å². The Morgan fingerprint density at radius 2 is 1.89 bits per heavy atom. The number of halogens is 1. The van der Waals surface area contributed by atoms with Gasteiger partial charge in [-0.15, -0.1) is 0 Å². The first-order chi connectivity index (χ1) is 8.49. The van der Waals surface area contributed by atoms with Gasteiger partial charge in [0.2, 0.25) is 0 Å². The molecule has 0 aliphatic heterocycles. The number of aromatic carboxylic acids is 1. The Hall–Kier alpha value is -1.88. The third-order valence-electron chi connectivity index (χ3n) is 2.60. The van der Waals surface area contributed by atoms with E-state index in [-0.39, 0.29) is 5.56 Å². The van der Waals surface area contributed by atoms with Crippen molar-refractivity contribution in [2.45, 2.75) is 6.92 Å². The van der Waals surface area contributed by atoms with E-state index in [1.807, 2.05) is 24.3 Å². The van der Waals surface area contributed by atoms with Gasteiger partial charge in [0.25, 0.3) is 5.56 Å². The maximum absolute atomic E-state index is 11.6. The molecule has 0 aliphatic carbocycles. The molecular weight excluding hydrogens is 298 g/mol. The summed E-state index contributed by atoms with van der Waals surface area (Å²) >= 11 is 3.33. The predicted octanol–water partition coefficient (Wildman–Crippen LogP) is 2.81. The number of carbonyl (C=O) groups is 1. The van der Waals surface area contributed by atoms with Crippen LogP contribution in [0.15, 0.2) is 39.6 Å². The van der Waals surface area contributed by atoms with Crippen molar-refractivity contribution < 1.29 is 9.90 Å². The van der Waals surface area contributed by atoms with Gasteiger partial charge in [0, 0.05) is 4.47 Å². The second-order valence-corrected chi connectivity index (χ2v) is 4.80. The molecule has 1 heterocycles. The van der Waals surface area contributed by atoms with Crippen LogP contribution in [0.5, 0.6) is 0 Å². The number of aryl methyl sites for hydroxylation is 1. The Balaban J connectivity index is 2.60. The SMILES string of the molecule is Cc1cc(C(=O)O)c(=O)[nH]c1-c1ccc(Br)cc1. The summed E-state index contributed by atoms with van der Waals surface area (Å²) in [7, 11) is 0. The van der Waals surface area contributed by atoms with Crippen LogP contribution in [-0.2, 0) is 0 Å². The van der Waals surface area contributed by atoms with Crippen LogP contribution < -0.4 is 5.56 Å². The predicted molar refractivity (Wildman–Crippen MR) is 71.9 cm³/mol. The number of pyridine rings is 1. The molecule has 0 bridgehead atoms. The minimum atomic E-state index is -1.22. The molecule has 0 saturated carbocycles. The number of aromatic amines is 1.